The van der Waals surface area contributed by atoms with E-state index in [1.54, 1.807) is 55.9 Å². The summed E-state index contributed by atoms with van der Waals surface area (Å²) < 4.78 is 18.6. The van der Waals surface area contributed by atoms with Crippen molar-refractivity contribution in [2.45, 2.75) is 19.9 Å². The molecule has 188 valence electrons. The summed E-state index contributed by atoms with van der Waals surface area (Å²) in [5.74, 6) is 1.32. The van der Waals surface area contributed by atoms with Gasteiger partial charge in [-0.1, -0.05) is 47.2 Å². The quantitative estimate of drug-likeness (QED) is 0.334. The molecule has 37 heavy (non-hydrogen) atoms. The Kier molecular flexibility index (Phi) is 6.86. The lowest BCUT2D eigenvalue weighted by Gasteiger charge is -2.24. The van der Waals surface area contributed by atoms with E-state index < -0.39 is 12.0 Å². The summed E-state index contributed by atoms with van der Waals surface area (Å²) in [4.78, 5) is 31.8. The lowest BCUT2D eigenvalue weighted by molar-refractivity contribution is -0.139. The fraction of sp³-hybridized carbons (Fsp3) is 0.179. The van der Waals surface area contributed by atoms with Crippen molar-refractivity contribution < 1.29 is 18.7 Å². The molecule has 4 aromatic rings. The van der Waals surface area contributed by atoms with Gasteiger partial charge < -0.3 is 13.9 Å². The molecular weight excluding hydrogens is 512 g/mol. The van der Waals surface area contributed by atoms with Crippen LogP contribution in [-0.2, 0) is 9.53 Å². The van der Waals surface area contributed by atoms with Gasteiger partial charge in [0.15, 0.2) is 4.80 Å². The number of thiazole rings is 1. The second kappa shape index (κ2) is 10.2. The molecule has 0 saturated heterocycles. The molecule has 0 aliphatic carbocycles. The number of hydrogen-bond donors (Lipinski definition) is 0. The summed E-state index contributed by atoms with van der Waals surface area (Å²) in [5.41, 5.74) is 2.13. The highest BCUT2D eigenvalue weighted by atomic mass is 35.5. The first-order valence-electron chi connectivity index (χ1n) is 11.6. The molecule has 0 spiro atoms. The summed E-state index contributed by atoms with van der Waals surface area (Å²) in [7, 11) is 1.58. The number of esters is 1. The molecule has 0 unspecified atom stereocenters. The van der Waals surface area contributed by atoms with Crippen molar-refractivity contribution in [3.63, 3.8) is 0 Å². The number of rotatable bonds is 6. The molecule has 3 heterocycles. The molecule has 0 amide bonds. The molecule has 0 radical (unpaired) electrons. The third-order valence-electron chi connectivity index (χ3n) is 5.96. The van der Waals surface area contributed by atoms with Gasteiger partial charge in [-0.3, -0.25) is 9.36 Å². The zero-order chi connectivity index (χ0) is 26.1. The van der Waals surface area contributed by atoms with E-state index >= 15 is 0 Å². The topological polar surface area (TPSA) is 83.0 Å². The van der Waals surface area contributed by atoms with E-state index in [-0.39, 0.29) is 12.2 Å². The molecule has 0 bridgehead atoms. The van der Waals surface area contributed by atoms with Crippen LogP contribution in [0.15, 0.2) is 86.1 Å². The number of hydrogen-bond acceptors (Lipinski definition) is 7. The third kappa shape index (κ3) is 4.77. The Labute approximate surface area is 221 Å². The summed E-state index contributed by atoms with van der Waals surface area (Å²) in [6, 6.07) is 17.5. The van der Waals surface area contributed by atoms with Crippen molar-refractivity contribution in [1.82, 2.24) is 4.57 Å². The lowest BCUT2D eigenvalue weighted by Crippen LogP contribution is -2.39. The van der Waals surface area contributed by atoms with E-state index in [1.165, 1.54) is 11.3 Å². The van der Waals surface area contributed by atoms with Gasteiger partial charge in [-0.2, -0.15) is 0 Å². The van der Waals surface area contributed by atoms with Gasteiger partial charge in [0, 0.05) is 16.7 Å². The second-order valence-corrected chi connectivity index (χ2v) is 9.73. The van der Waals surface area contributed by atoms with Crippen molar-refractivity contribution in [3.8, 4) is 17.1 Å². The molecule has 2 aromatic carbocycles. The number of allylic oxidation sites excluding steroid dienone is 1. The minimum absolute atomic E-state index is 0.211. The minimum atomic E-state index is -0.693. The van der Waals surface area contributed by atoms with Gasteiger partial charge in [0.1, 0.15) is 17.3 Å². The van der Waals surface area contributed by atoms with E-state index in [0.29, 0.717) is 42.9 Å². The Balaban J connectivity index is 1.63. The van der Waals surface area contributed by atoms with E-state index in [9.17, 15) is 9.59 Å². The van der Waals surface area contributed by atoms with E-state index in [0.717, 1.165) is 11.1 Å². The SMILES string of the molecule is CCOC(=O)C1=C(C)N=c2s/c(=C/c3ccc(-c4cccc(Cl)c4)o3)c(=O)n2[C@@H]1c1ccc(OC)cc1. The fourth-order valence-corrected chi connectivity index (χ4v) is 5.47. The monoisotopic (exact) mass is 534 g/mol. The molecule has 0 saturated carbocycles. The Bertz CT molecular complexity index is 1700. The normalized spacial score (nSPS) is 15.4. The second-order valence-electron chi connectivity index (χ2n) is 8.29. The van der Waals surface area contributed by atoms with Crippen LogP contribution in [0.1, 0.15) is 31.2 Å². The minimum Gasteiger partial charge on any atom is -0.497 e. The van der Waals surface area contributed by atoms with Crippen LogP contribution >= 0.6 is 22.9 Å². The zero-order valence-corrected chi connectivity index (χ0v) is 21.9. The number of fused-ring (bicyclic) bond motifs is 1. The first-order chi connectivity index (χ1) is 17.9. The highest BCUT2D eigenvalue weighted by Crippen LogP contribution is 2.31. The van der Waals surface area contributed by atoms with E-state index in [1.807, 2.05) is 36.4 Å². The van der Waals surface area contributed by atoms with Crippen LogP contribution in [-0.4, -0.2) is 24.3 Å². The molecule has 2 aromatic heterocycles. The lowest BCUT2D eigenvalue weighted by atomic mass is 9.96. The van der Waals surface area contributed by atoms with E-state index in [2.05, 4.69) is 4.99 Å². The van der Waals surface area contributed by atoms with Crippen molar-refractivity contribution in [2.24, 2.45) is 4.99 Å². The summed E-state index contributed by atoms with van der Waals surface area (Å²) in [6.07, 6.45) is 1.69. The van der Waals surface area contributed by atoms with Gasteiger partial charge in [0.25, 0.3) is 5.56 Å². The van der Waals surface area contributed by atoms with Crippen molar-refractivity contribution in [3.05, 3.63) is 108 Å². The number of halogens is 1. The number of benzene rings is 2. The standard InChI is InChI=1S/C28H23ClN2O5S/c1-4-35-27(33)24-16(2)30-28-31(25(24)17-8-10-20(34-3)11-9-17)26(32)23(37-28)15-21-12-13-22(36-21)18-6-5-7-19(29)14-18/h5-15,25H,4H2,1-3H3/b23-15+/t25-/m1/s1. The summed E-state index contributed by atoms with van der Waals surface area (Å²) >= 11 is 7.35. The summed E-state index contributed by atoms with van der Waals surface area (Å²) in [5, 5.41) is 0.607. The molecule has 9 heteroatoms. The number of methoxy groups -OCH3 is 1. The predicted octanol–water partition coefficient (Wildman–Crippen LogP) is 4.72. The van der Waals surface area contributed by atoms with Crippen LogP contribution in [0.3, 0.4) is 0 Å². The molecule has 0 fully saturated rings. The van der Waals surface area contributed by atoms with Gasteiger partial charge in [-0.15, -0.1) is 0 Å². The van der Waals surface area contributed by atoms with Gasteiger partial charge in [0.2, 0.25) is 0 Å². The molecular formula is C28H23ClN2O5S. The van der Waals surface area contributed by atoms with Crippen LogP contribution in [0.5, 0.6) is 5.75 Å². The van der Waals surface area contributed by atoms with Crippen LogP contribution in [0.2, 0.25) is 5.02 Å². The van der Waals surface area contributed by atoms with Gasteiger partial charge in [-0.05, 0) is 55.8 Å². The third-order valence-corrected chi connectivity index (χ3v) is 7.18. The largest absolute Gasteiger partial charge is 0.497 e. The van der Waals surface area contributed by atoms with Crippen LogP contribution in [0, 0.1) is 0 Å². The molecule has 0 N–H and O–H groups in total. The van der Waals surface area contributed by atoms with Crippen molar-refractivity contribution in [1.29, 1.82) is 0 Å². The van der Waals surface area contributed by atoms with Crippen LogP contribution in [0.4, 0.5) is 0 Å². The Hall–Kier alpha value is -3.88. The smallest absolute Gasteiger partial charge is 0.338 e. The zero-order valence-electron chi connectivity index (χ0n) is 20.4. The average molecular weight is 535 g/mol. The van der Waals surface area contributed by atoms with Crippen molar-refractivity contribution in [2.75, 3.05) is 13.7 Å². The number of aromatic nitrogens is 1. The molecule has 1 aliphatic rings. The molecule has 1 aliphatic heterocycles. The van der Waals surface area contributed by atoms with Crippen molar-refractivity contribution >= 4 is 35.0 Å². The predicted molar refractivity (Wildman–Crippen MR) is 143 cm³/mol. The van der Waals surface area contributed by atoms with Crippen LogP contribution in [0.25, 0.3) is 17.4 Å². The fourth-order valence-electron chi connectivity index (χ4n) is 4.25. The number of furan rings is 1. The Morgan fingerprint density at radius 2 is 1.97 bits per heavy atom. The van der Waals surface area contributed by atoms with Gasteiger partial charge in [0.05, 0.1) is 35.6 Å². The maximum atomic E-state index is 13.7. The highest BCUT2D eigenvalue weighted by Gasteiger charge is 2.33. The average Bonchev–Trinajstić information content (AvgIpc) is 3.48. The number of nitrogens with zero attached hydrogens (tertiary/aromatic N) is 2. The maximum absolute atomic E-state index is 13.7. The summed E-state index contributed by atoms with van der Waals surface area (Å²) in [6.45, 7) is 3.71. The first-order valence-corrected chi connectivity index (χ1v) is 12.8. The first kappa shape index (κ1) is 24.8. The van der Waals surface area contributed by atoms with E-state index in [4.69, 9.17) is 25.5 Å². The maximum Gasteiger partial charge on any atom is 0.338 e. The molecule has 7 nitrogen and oxygen atoms in total. The number of carbonyl (C=O) groups is 1. The number of carbonyl (C=O) groups excluding carboxylic acids is 1. The molecule has 5 rings (SSSR count). The highest BCUT2D eigenvalue weighted by molar-refractivity contribution is 7.07. The van der Waals surface area contributed by atoms with Gasteiger partial charge >= 0.3 is 5.97 Å². The number of ether oxygens (including phenoxy) is 2. The van der Waals surface area contributed by atoms with Crippen LogP contribution < -0.4 is 19.6 Å². The van der Waals surface area contributed by atoms with Gasteiger partial charge in [-0.25, -0.2) is 9.79 Å². The Morgan fingerprint density at radius 1 is 1.19 bits per heavy atom. The molecule has 1 atom stereocenters. The Morgan fingerprint density at radius 3 is 2.68 bits per heavy atom.